The van der Waals surface area contributed by atoms with Crippen molar-refractivity contribution in [1.82, 2.24) is 19.5 Å². The number of hydrogen-bond donors (Lipinski definition) is 1. The molecule has 0 atom stereocenters. The van der Waals surface area contributed by atoms with Crippen LogP contribution in [0.2, 0.25) is 0 Å². The van der Waals surface area contributed by atoms with Crippen molar-refractivity contribution in [2.75, 3.05) is 0 Å². The zero-order chi connectivity index (χ0) is 27.0. The Morgan fingerprint density at radius 3 is 1.46 bits per heavy atom. The molecule has 0 radical (unpaired) electrons. The van der Waals surface area contributed by atoms with Crippen molar-refractivity contribution in [3.05, 3.63) is 70.3 Å². The Balaban J connectivity index is 1.82. The van der Waals surface area contributed by atoms with Gasteiger partial charge in [-0.3, -0.25) is 0 Å². The van der Waals surface area contributed by atoms with Gasteiger partial charge in [0, 0.05) is 28.6 Å². The zero-order valence-electron chi connectivity index (χ0n) is 24.1. The van der Waals surface area contributed by atoms with Gasteiger partial charge in [0.1, 0.15) is 0 Å². The molecule has 8 bridgehead atoms. The van der Waals surface area contributed by atoms with E-state index >= 15 is 0 Å². The minimum atomic E-state index is 0.988. The monoisotopic (exact) mass is 520 g/mol. The van der Waals surface area contributed by atoms with Crippen LogP contribution in [0.5, 0.6) is 0 Å². The van der Waals surface area contributed by atoms with Crippen molar-refractivity contribution < 1.29 is 0 Å². The fourth-order valence-corrected chi connectivity index (χ4v) is 5.82. The van der Waals surface area contributed by atoms with E-state index in [1.54, 1.807) is 0 Å². The van der Waals surface area contributed by atoms with Crippen molar-refractivity contribution in [1.29, 1.82) is 0 Å². The number of nitrogens with one attached hydrogen (secondary N) is 1. The average molecular weight is 521 g/mol. The molecule has 5 rings (SSSR count). The van der Waals surface area contributed by atoms with Crippen LogP contribution in [-0.4, -0.2) is 19.5 Å². The summed E-state index contributed by atoms with van der Waals surface area (Å²) in [6.45, 7) is 7.91. The first kappa shape index (κ1) is 27.2. The van der Waals surface area contributed by atoms with Crippen LogP contribution in [0, 0.1) is 0 Å². The lowest BCUT2D eigenvalue weighted by Gasteiger charge is -2.07. The highest BCUT2D eigenvalue weighted by molar-refractivity contribution is 5.81. The predicted octanol–water partition coefficient (Wildman–Crippen LogP) is 9.78. The molecule has 3 aromatic rings. The zero-order valence-corrected chi connectivity index (χ0v) is 24.1. The smallest absolute Gasteiger partial charge is 0.0658 e. The molecule has 0 aliphatic carbocycles. The van der Waals surface area contributed by atoms with E-state index in [1.165, 1.54) is 79.9 Å². The molecule has 0 saturated heterocycles. The standard InChI is InChI=1S/C35H44N4/c1-4-7-10-13-32-33(14-11-8-5-2)35-25-31-20-18-29(38-31)23-27-16-15-26(36-27)22-28-17-19-30(37-28)24-34(32)39(35)21-12-9-6-3/h15-20,22-25,36H,4-14,21H2,1-3H3. The number of aromatic amines is 1. The summed E-state index contributed by atoms with van der Waals surface area (Å²) < 4.78 is 2.61. The number of rotatable bonds is 12. The highest BCUT2D eigenvalue weighted by Crippen LogP contribution is 2.31. The maximum Gasteiger partial charge on any atom is 0.0658 e. The summed E-state index contributed by atoms with van der Waals surface area (Å²) >= 11 is 0. The molecule has 0 aromatic carbocycles. The highest BCUT2D eigenvalue weighted by atomic mass is 15.0. The molecule has 4 nitrogen and oxygen atoms in total. The second-order valence-electron chi connectivity index (χ2n) is 11.0. The molecule has 0 spiro atoms. The van der Waals surface area contributed by atoms with Crippen molar-refractivity contribution in [2.45, 2.75) is 97.9 Å². The van der Waals surface area contributed by atoms with Crippen LogP contribution in [-0.2, 0) is 19.4 Å². The van der Waals surface area contributed by atoms with Gasteiger partial charge in [0.05, 0.1) is 22.8 Å². The third kappa shape index (κ3) is 6.61. The molecule has 0 fully saturated rings. The number of fused-ring (bicyclic) bond motifs is 8. The first-order valence-corrected chi connectivity index (χ1v) is 15.3. The summed E-state index contributed by atoms with van der Waals surface area (Å²) in [5.74, 6) is 0. The van der Waals surface area contributed by atoms with Gasteiger partial charge in [-0.25, -0.2) is 9.97 Å². The molecule has 3 aromatic heterocycles. The van der Waals surface area contributed by atoms with E-state index in [-0.39, 0.29) is 0 Å². The summed E-state index contributed by atoms with van der Waals surface area (Å²) in [4.78, 5) is 13.5. The Bertz CT molecular complexity index is 1390. The topological polar surface area (TPSA) is 46.5 Å². The van der Waals surface area contributed by atoms with Crippen LogP contribution >= 0.6 is 0 Å². The summed E-state index contributed by atoms with van der Waals surface area (Å²) in [6.07, 6.45) is 22.0. The van der Waals surface area contributed by atoms with Crippen LogP contribution in [0.1, 0.15) is 112 Å². The predicted molar refractivity (Wildman–Crippen MR) is 168 cm³/mol. The first-order chi connectivity index (χ1) is 19.2. The SMILES string of the molecule is CCCCCc1c(CCCCC)c2cc3nc(cc4ccc(cc5nc(cc1n2CCCCC)C=C5)[nH]4)C=C3. The fourth-order valence-electron chi connectivity index (χ4n) is 5.82. The van der Waals surface area contributed by atoms with Gasteiger partial charge in [-0.2, -0.15) is 0 Å². The minimum absolute atomic E-state index is 0.988. The molecule has 2 aliphatic heterocycles. The summed E-state index contributed by atoms with van der Waals surface area (Å²) in [5, 5.41) is 0. The van der Waals surface area contributed by atoms with Crippen molar-refractivity contribution in [2.24, 2.45) is 0 Å². The number of unbranched alkanes of at least 4 members (excludes halogenated alkanes) is 6. The average Bonchev–Trinajstić information content (AvgIpc) is 3.71. The van der Waals surface area contributed by atoms with E-state index in [0.29, 0.717) is 0 Å². The number of hydrogen-bond acceptors (Lipinski definition) is 2. The van der Waals surface area contributed by atoms with Gasteiger partial charge in [0.25, 0.3) is 0 Å². The quantitative estimate of drug-likeness (QED) is 0.166. The Morgan fingerprint density at radius 1 is 0.564 bits per heavy atom. The number of H-pyrrole nitrogens is 1. The second-order valence-corrected chi connectivity index (χ2v) is 11.0. The van der Waals surface area contributed by atoms with Gasteiger partial charge >= 0.3 is 0 Å². The highest BCUT2D eigenvalue weighted by Gasteiger charge is 2.17. The lowest BCUT2D eigenvalue weighted by Crippen LogP contribution is -1.98. The molecule has 0 amide bonds. The summed E-state index contributed by atoms with van der Waals surface area (Å²) in [7, 11) is 0. The van der Waals surface area contributed by atoms with Gasteiger partial charge in [-0.1, -0.05) is 59.3 Å². The van der Waals surface area contributed by atoms with Gasteiger partial charge < -0.3 is 9.55 Å². The lowest BCUT2D eigenvalue weighted by atomic mass is 9.98. The van der Waals surface area contributed by atoms with E-state index in [1.807, 2.05) is 0 Å². The Hall–Kier alpha value is -3.40. The van der Waals surface area contributed by atoms with Crippen LogP contribution in [0.3, 0.4) is 0 Å². The lowest BCUT2D eigenvalue weighted by molar-refractivity contribution is 0.625. The van der Waals surface area contributed by atoms with E-state index in [0.717, 1.165) is 53.2 Å². The molecule has 0 unspecified atom stereocenters. The van der Waals surface area contributed by atoms with Crippen LogP contribution in [0.25, 0.3) is 46.4 Å². The van der Waals surface area contributed by atoms with Gasteiger partial charge in [-0.15, -0.1) is 0 Å². The molecule has 5 heterocycles. The Morgan fingerprint density at radius 2 is 1.00 bits per heavy atom. The van der Waals surface area contributed by atoms with Crippen molar-refractivity contribution >= 4 is 46.4 Å². The van der Waals surface area contributed by atoms with Gasteiger partial charge in [0.15, 0.2) is 0 Å². The summed E-state index contributed by atoms with van der Waals surface area (Å²) in [6, 6.07) is 13.2. The second kappa shape index (κ2) is 13.1. The molecule has 1 N–H and O–H groups in total. The molecule has 204 valence electrons. The largest absolute Gasteiger partial charge is 0.355 e. The fraction of sp³-hybridized carbons (Fsp3) is 0.429. The third-order valence-electron chi connectivity index (χ3n) is 7.88. The van der Waals surface area contributed by atoms with Crippen LogP contribution < -0.4 is 0 Å². The van der Waals surface area contributed by atoms with Crippen LogP contribution in [0.15, 0.2) is 36.4 Å². The number of nitrogens with zero attached hydrogens (tertiary/aromatic N) is 3. The molecule has 4 heteroatoms. The maximum absolute atomic E-state index is 5.02. The summed E-state index contributed by atoms with van der Waals surface area (Å²) in [5.41, 5.74) is 12.0. The van der Waals surface area contributed by atoms with E-state index in [9.17, 15) is 0 Å². The molecular formula is C35H44N4. The normalized spacial score (nSPS) is 12.5. The van der Waals surface area contributed by atoms with E-state index in [2.05, 4.69) is 91.0 Å². The minimum Gasteiger partial charge on any atom is -0.355 e. The maximum atomic E-state index is 5.02. The third-order valence-corrected chi connectivity index (χ3v) is 7.88. The number of aryl methyl sites for hydroxylation is 3. The number of aromatic nitrogens is 4. The van der Waals surface area contributed by atoms with Crippen molar-refractivity contribution in [3.63, 3.8) is 0 Å². The molecule has 0 saturated carbocycles. The van der Waals surface area contributed by atoms with E-state index in [4.69, 9.17) is 9.97 Å². The van der Waals surface area contributed by atoms with Crippen molar-refractivity contribution in [3.8, 4) is 0 Å². The molecule has 39 heavy (non-hydrogen) atoms. The van der Waals surface area contributed by atoms with Gasteiger partial charge in [-0.05, 0) is 104 Å². The van der Waals surface area contributed by atoms with Crippen LogP contribution in [0.4, 0.5) is 0 Å². The Labute approximate surface area is 233 Å². The Kier molecular flexibility index (Phi) is 9.13. The first-order valence-electron chi connectivity index (χ1n) is 15.3. The van der Waals surface area contributed by atoms with E-state index < -0.39 is 0 Å². The molecule has 2 aliphatic rings. The van der Waals surface area contributed by atoms with Gasteiger partial charge in [0.2, 0.25) is 0 Å². The molecular weight excluding hydrogens is 476 g/mol.